The minimum atomic E-state index is -0.530. The molecule has 0 fully saturated rings. The number of nitrogens with zero attached hydrogens (tertiary/aromatic N) is 2. The zero-order valence-corrected chi connectivity index (χ0v) is 18.5. The third-order valence-corrected chi connectivity index (χ3v) is 5.05. The van der Waals surface area contributed by atoms with Crippen LogP contribution < -0.4 is 9.47 Å². The van der Waals surface area contributed by atoms with Crippen LogP contribution in [0.2, 0.25) is 5.02 Å². The Morgan fingerprint density at radius 3 is 2.29 bits per heavy atom. The standard InChI is InChI=1S/C23H23ClN2O5/c1-14-20(10-16-9-17(24)5-6-21(16)25-14)23(28)26(13-22(27)31-4)12-15-7-18(29-2)11-19(8-15)30-3/h5-11H,12-13H2,1-4H3. The van der Waals surface area contributed by atoms with Crippen molar-refractivity contribution in [1.29, 1.82) is 0 Å². The van der Waals surface area contributed by atoms with E-state index < -0.39 is 5.97 Å². The van der Waals surface area contributed by atoms with Gasteiger partial charge in [-0.1, -0.05) is 11.6 Å². The fourth-order valence-electron chi connectivity index (χ4n) is 3.23. The Morgan fingerprint density at radius 1 is 1.00 bits per heavy atom. The van der Waals surface area contributed by atoms with Crippen LogP contribution in [0.3, 0.4) is 0 Å². The zero-order valence-electron chi connectivity index (χ0n) is 17.8. The van der Waals surface area contributed by atoms with Gasteiger partial charge in [-0.05, 0) is 48.9 Å². The largest absolute Gasteiger partial charge is 0.497 e. The van der Waals surface area contributed by atoms with Gasteiger partial charge in [0.15, 0.2) is 0 Å². The molecule has 162 valence electrons. The summed E-state index contributed by atoms with van der Waals surface area (Å²) in [5, 5.41) is 1.29. The van der Waals surface area contributed by atoms with Crippen molar-refractivity contribution in [2.24, 2.45) is 0 Å². The van der Waals surface area contributed by atoms with E-state index >= 15 is 0 Å². The minimum Gasteiger partial charge on any atom is -0.497 e. The van der Waals surface area contributed by atoms with Crippen LogP contribution in [0.25, 0.3) is 10.9 Å². The van der Waals surface area contributed by atoms with Crippen molar-refractivity contribution < 1.29 is 23.8 Å². The lowest BCUT2D eigenvalue weighted by molar-refractivity contribution is -0.141. The predicted octanol–water partition coefficient (Wildman–Crippen LogP) is 4.03. The zero-order chi connectivity index (χ0) is 22.5. The lowest BCUT2D eigenvalue weighted by Crippen LogP contribution is -2.36. The maximum absolute atomic E-state index is 13.4. The molecule has 0 radical (unpaired) electrons. The molecule has 31 heavy (non-hydrogen) atoms. The highest BCUT2D eigenvalue weighted by Crippen LogP contribution is 2.25. The van der Waals surface area contributed by atoms with E-state index in [2.05, 4.69) is 4.98 Å². The van der Waals surface area contributed by atoms with Gasteiger partial charge in [0.1, 0.15) is 18.0 Å². The van der Waals surface area contributed by atoms with E-state index in [0.717, 1.165) is 16.5 Å². The summed E-state index contributed by atoms with van der Waals surface area (Å²) >= 11 is 6.10. The van der Waals surface area contributed by atoms with E-state index in [4.69, 9.17) is 25.8 Å². The summed E-state index contributed by atoms with van der Waals surface area (Å²) < 4.78 is 15.4. The SMILES string of the molecule is COC(=O)CN(Cc1cc(OC)cc(OC)c1)C(=O)c1cc2cc(Cl)ccc2nc1C. The van der Waals surface area contributed by atoms with Crippen LogP contribution in [0.5, 0.6) is 11.5 Å². The molecule has 8 heteroatoms. The molecular formula is C23H23ClN2O5. The van der Waals surface area contributed by atoms with Gasteiger partial charge in [0.2, 0.25) is 0 Å². The number of hydrogen-bond acceptors (Lipinski definition) is 6. The summed E-state index contributed by atoms with van der Waals surface area (Å²) in [7, 11) is 4.38. The first-order valence-electron chi connectivity index (χ1n) is 9.49. The summed E-state index contributed by atoms with van der Waals surface area (Å²) in [5.74, 6) is 0.285. The monoisotopic (exact) mass is 442 g/mol. The number of rotatable bonds is 7. The molecular weight excluding hydrogens is 420 g/mol. The summed E-state index contributed by atoms with van der Waals surface area (Å²) in [4.78, 5) is 31.4. The number of aromatic nitrogens is 1. The quantitative estimate of drug-likeness (QED) is 0.514. The number of pyridine rings is 1. The Morgan fingerprint density at radius 2 is 1.68 bits per heavy atom. The van der Waals surface area contributed by atoms with Crippen molar-refractivity contribution in [2.45, 2.75) is 13.5 Å². The van der Waals surface area contributed by atoms with Gasteiger partial charge in [-0.25, -0.2) is 0 Å². The molecule has 0 saturated heterocycles. The summed E-state index contributed by atoms with van der Waals surface area (Å²) in [6.45, 7) is 1.68. The Bertz CT molecular complexity index is 1110. The van der Waals surface area contributed by atoms with Gasteiger partial charge in [-0.2, -0.15) is 0 Å². The number of ether oxygens (including phenoxy) is 3. The van der Waals surface area contributed by atoms with Gasteiger partial charge in [0.05, 0.1) is 38.1 Å². The highest BCUT2D eigenvalue weighted by atomic mass is 35.5. The van der Waals surface area contributed by atoms with Crippen molar-refractivity contribution in [1.82, 2.24) is 9.88 Å². The smallest absolute Gasteiger partial charge is 0.325 e. The second kappa shape index (κ2) is 9.66. The topological polar surface area (TPSA) is 78.0 Å². The second-order valence-electron chi connectivity index (χ2n) is 6.92. The number of amides is 1. The van der Waals surface area contributed by atoms with Crippen molar-refractivity contribution in [2.75, 3.05) is 27.9 Å². The lowest BCUT2D eigenvalue weighted by atomic mass is 10.1. The molecule has 0 saturated carbocycles. The normalized spacial score (nSPS) is 10.6. The fourth-order valence-corrected chi connectivity index (χ4v) is 3.41. The number of hydrogen-bond donors (Lipinski definition) is 0. The number of methoxy groups -OCH3 is 3. The van der Waals surface area contributed by atoms with Gasteiger partial charge >= 0.3 is 5.97 Å². The fraction of sp³-hybridized carbons (Fsp3) is 0.261. The van der Waals surface area contributed by atoms with Crippen molar-refractivity contribution in [3.8, 4) is 11.5 Å². The van der Waals surface area contributed by atoms with Gasteiger partial charge in [0.25, 0.3) is 5.91 Å². The first-order valence-corrected chi connectivity index (χ1v) is 9.87. The summed E-state index contributed by atoms with van der Waals surface area (Å²) in [6, 6.07) is 12.3. The van der Waals surface area contributed by atoms with Crippen LogP contribution in [-0.2, 0) is 16.1 Å². The van der Waals surface area contributed by atoms with Crippen LogP contribution in [0.15, 0.2) is 42.5 Å². The van der Waals surface area contributed by atoms with Crippen LogP contribution in [-0.4, -0.2) is 49.6 Å². The number of carbonyl (C=O) groups excluding carboxylic acids is 2. The molecule has 0 spiro atoms. The Labute approximate surface area is 185 Å². The van der Waals surface area contributed by atoms with E-state index in [1.165, 1.54) is 12.0 Å². The first-order chi connectivity index (χ1) is 14.8. The number of halogens is 1. The van der Waals surface area contributed by atoms with E-state index in [1.807, 2.05) is 0 Å². The Kier molecular flexibility index (Phi) is 6.97. The average molecular weight is 443 g/mol. The highest BCUT2D eigenvalue weighted by Gasteiger charge is 2.23. The van der Waals surface area contributed by atoms with Crippen molar-refractivity contribution >= 4 is 34.4 Å². The lowest BCUT2D eigenvalue weighted by Gasteiger charge is -2.23. The van der Waals surface area contributed by atoms with E-state index in [0.29, 0.717) is 27.8 Å². The van der Waals surface area contributed by atoms with Gasteiger partial charge in [-0.3, -0.25) is 14.6 Å². The number of aryl methyl sites for hydroxylation is 1. The average Bonchev–Trinajstić information content (AvgIpc) is 2.77. The van der Waals surface area contributed by atoms with Crippen molar-refractivity contribution in [3.63, 3.8) is 0 Å². The molecule has 0 aliphatic carbocycles. The number of fused-ring (bicyclic) bond motifs is 1. The molecule has 7 nitrogen and oxygen atoms in total. The van der Waals surface area contributed by atoms with Crippen molar-refractivity contribution in [3.05, 3.63) is 64.3 Å². The molecule has 0 aliphatic rings. The maximum atomic E-state index is 13.4. The number of carbonyl (C=O) groups is 2. The third-order valence-electron chi connectivity index (χ3n) is 4.82. The van der Waals surface area contributed by atoms with E-state index in [1.54, 1.807) is 63.6 Å². The van der Waals surface area contributed by atoms with Crippen LogP contribution >= 0.6 is 11.6 Å². The van der Waals surface area contributed by atoms with Crippen LogP contribution in [0.1, 0.15) is 21.6 Å². The summed E-state index contributed by atoms with van der Waals surface area (Å²) in [5.41, 5.74) is 2.41. The molecule has 0 atom stereocenters. The Balaban J connectivity index is 2.00. The minimum absolute atomic E-state index is 0.147. The van der Waals surface area contributed by atoms with E-state index in [9.17, 15) is 9.59 Å². The Hall–Kier alpha value is -3.32. The maximum Gasteiger partial charge on any atom is 0.325 e. The van der Waals surface area contributed by atoms with E-state index in [-0.39, 0.29) is 19.0 Å². The highest BCUT2D eigenvalue weighted by molar-refractivity contribution is 6.31. The number of benzene rings is 2. The van der Waals surface area contributed by atoms with Crippen LogP contribution in [0, 0.1) is 6.92 Å². The van der Waals surface area contributed by atoms with Crippen LogP contribution in [0.4, 0.5) is 0 Å². The molecule has 1 aromatic heterocycles. The molecule has 0 N–H and O–H groups in total. The predicted molar refractivity (Wildman–Crippen MR) is 118 cm³/mol. The molecule has 3 aromatic rings. The van der Waals surface area contributed by atoms with Gasteiger partial charge < -0.3 is 19.1 Å². The van der Waals surface area contributed by atoms with Gasteiger partial charge in [0, 0.05) is 23.0 Å². The molecule has 2 aromatic carbocycles. The molecule has 3 rings (SSSR count). The number of esters is 1. The molecule has 1 amide bonds. The molecule has 0 aliphatic heterocycles. The molecule has 1 heterocycles. The third kappa shape index (κ3) is 5.24. The van der Waals surface area contributed by atoms with Gasteiger partial charge in [-0.15, -0.1) is 0 Å². The molecule has 0 bridgehead atoms. The molecule has 0 unspecified atom stereocenters. The second-order valence-corrected chi connectivity index (χ2v) is 7.35. The summed E-state index contributed by atoms with van der Waals surface area (Å²) in [6.07, 6.45) is 0. The first kappa shape index (κ1) is 22.4.